The average Bonchev–Trinajstić information content (AvgIpc) is 2.67. The number of hydrazine groups is 1. The molecule has 0 aliphatic carbocycles. The Bertz CT molecular complexity index is 392. The number of nitrogens with zero attached hydrogens (tertiary/aromatic N) is 3. The van der Waals surface area contributed by atoms with E-state index in [0.717, 1.165) is 31.0 Å². The topological polar surface area (TPSA) is 84.1 Å². The lowest BCUT2D eigenvalue weighted by atomic mass is 10.3. The molecule has 6 nitrogen and oxygen atoms in total. The molecule has 0 radical (unpaired) electrons. The number of aromatic nitrogens is 2. The Morgan fingerprint density at radius 3 is 3.12 bits per heavy atom. The quantitative estimate of drug-likeness (QED) is 0.584. The second-order valence-electron chi connectivity index (χ2n) is 3.69. The van der Waals surface area contributed by atoms with Crippen LogP contribution >= 0.6 is 11.8 Å². The number of rotatable bonds is 2. The summed E-state index contributed by atoms with van der Waals surface area (Å²) >= 11 is 1.88. The first-order valence-electron chi connectivity index (χ1n) is 5.47. The molecular weight excluding hydrogens is 238 g/mol. The highest BCUT2D eigenvalue weighted by atomic mass is 32.2. The lowest BCUT2D eigenvalue weighted by Crippen LogP contribution is -2.33. The number of nitrogens with one attached hydrogen (secondary N) is 1. The van der Waals surface area contributed by atoms with Crippen LogP contribution in [0, 0.1) is 0 Å². The molecule has 92 valence electrons. The normalized spacial score (nSPS) is 16.4. The summed E-state index contributed by atoms with van der Waals surface area (Å²) in [5.41, 5.74) is 2.73. The number of anilines is 1. The number of hydrogen-bond acceptors (Lipinski definition) is 6. The summed E-state index contributed by atoms with van der Waals surface area (Å²) in [6, 6.07) is 0. The van der Waals surface area contributed by atoms with Crippen LogP contribution in [0.3, 0.4) is 0 Å². The molecule has 2 rings (SSSR count). The molecule has 0 unspecified atom stereocenters. The number of amides is 1. The van der Waals surface area contributed by atoms with Gasteiger partial charge in [0.25, 0.3) is 5.91 Å². The van der Waals surface area contributed by atoms with E-state index >= 15 is 0 Å². The Balaban J connectivity index is 2.11. The maximum absolute atomic E-state index is 12.2. The van der Waals surface area contributed by atoms with Crippen molar-refractivity contribution in [3.05, 3.63) is 18.1 Å². The third-order valence-electron chi connectivity index (χ3n) is 2.51. The van der Waals surface area contributed by atoms with Crippen LogP contribution in [0.2, 0.25) is 0 Å². The van der Waals surface area contributed by atoms with E-state index in [1.165, 1.54) is 12.4 Å². The predicted octanol–water partition coefficient (Wildman–Crippen LogP) is 0.341. The van der Waals surface area contributed by atoms with Crippen molar-refractivity contribution in [2.24, 2.45) is 5.84 Å². The van der Waals surface area contributed by atoms with Gasteiger partial charge in [0.1, 0.15) is 5.69 Å². The fourth-order valence-electron chi connectivity index (χ4n) is 1.65. The molecule has 2 heterocycles. The van der Waals surface area contributed by atoms with Gasteiger partial charge in [0.2, 0.25) is 0 Å². The van der Waals surface area contributed by atoms with E-state index < -0.39 is 0 Å². The summed E-state index contributed by atoms with van der Waals surface area (Å²) in [5, 5.41) is 0. The third-order valence-corrected chi connectivity index (χ3v) is 3.56. The van der Waals surface area contributed by atoms with Crippen LogP contribution in [0.5, 0.6) is 0 Å². The lowest BCUT2D eigenvalue weighted by Gasteiger charge is -2.19. The van der Waals surface area contributed by atoms with Crippen molar-refractivity contribution in [1.82, 2.24) is 14.9 Å². The molecule has 0 aromatic carbocycles. The van der Waals surface area contributed by atoms with Gasteiger partial charge < -0.3 is 10.3 Å². The molecule has 0 saturated carbocycles. The first-order valence-corrected chi connectivity index (χ1v) is 6.62. The Hall–Kier alpha value is -1.34. The average molecular weight is 253 g/mol. The number of thioether (sulfide) groups is 1. The monoisotopic (exact) mass is 253 g/mol. The van der Waals surface area contributed by atoms with Gasteiger partial charge in [-0.25, -0.2) is 10.8 Å². The first-order chi connectivity index (χ1) is 8.31. The summed E-state index contributed by atoms with van der Waals surface area (Å²) in [7, 11) is 0. The second kappa shape index (κ2) is 5.83. The van der Waals surface area contributed by atoms with Gasteiger partial charge in [-0.1, -0.05) is 0 Å². The smallest absolute Gasteiger partial charge is 0.274 e. The standard InChI is InChI=1S/C10H15N5OS/c11-14-9-7-12-6-8(13-9)10(16)15-2-1-4-17-5-3-15/h6-7H,1-5,11H2,(H,13,14). The minimum Gasteiger partial charge on any atom is -0.336 e. The number of hydrogen-bond donors (Lipinski definition) is 2. The zero-order valence-corrected chi connectivity index (χ0v) is 10.2. The fourth-order valence-corrected chi connectivity index (χ4v) is 2.54. The van der Waals surface area contributed by atoms with E-state index in [0.29, 0.717) is 11.5 Å². The molecule has 1 aromatic rings. The van der Waals surface area contributed by atoms with Gasteiger partial charge in [-0.15, -0.1) is 0 Å². The molecule has 1 amide bonds. The van der Waals surface area contributed by atoms with Crippen molar-refractivity contribution in [3.8, 4) is 0 Å². The van der Waals surface area contributed by atoms with Gasteiger partial charge in [0, 0.05) is 18.8 Å². The highest BCUT2D eigenvalue weighted by Crippen LogP contribution is 2.12. The van der Waals surface area contributed by atoms with E-state index in [1.807, 2.05) is 16.7 Å². The van der Waals surface area contributed by atoms with Crippen LogP contribution in [0.25, 0.3) is 0 Å². The predicted molar refractivity (Wildman–Crippen MR) is 67.7 cm³/mol. The molecule has 17 heavy (non-hydrogen) atoms. The van der Waals surface area contributed by atoms with E-state index in [1.54, 1.807) is 0 Å². The zero-order chi connectivity index (χ0) is 12.1. The molecule has 0 spiro atoms. The van der Waals surface area contributed by atoms with Crippen LogP contribution in [-0.4, -0.2) is 45.4 Å². The fraction of sp³-hybridized carbons (Fsp3) is 0.500. The van der Waals surface area contributed by atoms with Crippen LogP contribution < -0.4 is 11.3 Å². The molecular formula is C10H15N5OS. The first kappa shape index (κ1) is 12.1. The van der Waals surface area contributed by atoms with Gasteiger partial charge in [-0.3, -0.25) is 9.78 Å². The van der Waals surface area contributed by atoms with Crippen molar-refractivity contribution >= 4 is 23.5 Å². The third kappa shape index (κ3) is 3.07. The highest BCUT2D eigenvalue weighted by Gasteiger charge is 2.19. The molecule has 1 aliphatic heterocycles. The zero-order valence-electron chi connectivity index (χ0n) is 9.43. The number of carbonyl (C=O) groups excluding carboxylic acids is 1. The molecule has 7 heteroatoms. The Morgan fingerprint density at radius 1 is 1.41 bits per heavy atom. The van der Waals surface area contributed by atoms with Gasteiger partial charge >= 0.3 is 0 Å². The summed E-state index contributed by atoms with van der Waals surface area (Å²) in [6.45, 7) is 1.55. The Morgan fingerprint density at radius 2 is 2.29 bits per heavy atom. The number of nitrogens with two attached hydrogens (primary N) is 1. The van der Waals surface area contributed by atoms with E-state index in [4.69, 9.17) is 5.84 Å². The maximum Gasteiger partial charge on any atom is 0.274 e. The maximum atomic E-state index is 12.2. The molecule has 1 saturated heterocycles. The SMILES string of the molecule is NNc1cncc(C(=O)N2CCCSCC2)n1. The minimum atomic E-state index is -0.0721. The Labute approximate surface area is 104 Å². The van der Waals surface area contributed by atoms with Gasteiger partial charge in [0.05, 0.1) is 12.4 Å². The van der Waals surface area contributed by atoms with Crippen LogP contribution in [0.15, 0.2) is 12.4 Å². The summed E-state index contributed by atoms with van der Waals surface area (Å²) < 4.78 is 0. The molecule has 3 N–H and O–H groups in total. The highest BCUT2D eigenvalue weighted by molar-refractivity contribution is 7.99. The minimum absolute atomic E-state index is 0.0721. The number of carbonyl (C=O) groups is 1. The van der Waals surface area contributed by atoms with Crippen molar-refractivity contribution in [1.29, 1.82) is 0 Å². The van der Waals surface area contributed by atoms with Crippen molar-refractivity contribution in [2.45, 2.75) is 6.42 Å². The van der Waals surface area contributed by atoms with Gasteiger partial charge in [0.15, 0.2) is 5.82 Å². The summed E-state index contributed by atoms with van der Waals surface area (Å²) in [4.78, 5) is 22.0. The molecule has 1 aliphatic rings. The largest absolute Gasteiger partial charge is 0.336 e. The van der Waals surface area contributed by atoms with Gasteiger partial charge in [-0.05, 0) is 12.2 Å². The van der Waals surface area contributed by atoms with E-state index in [2.05, 4.69) is 15.4 Å². The van der Waals surface area contributed by atoms with Crippen LogP contribution in [0.4, 0.5) is 5.82 Å². The van der Waals surface area contributed by atoms with E-state index in [-0.39, 0.29) is 5.91 Å². The van der Waals surface area contributed by atoms with Crippen molar-refractivity contribution in [3.63, 3.8) is 0 Å². The van der Waals surface area contributed by atoms with Crippen molar-refractivity contribution in [2.75, 3.05) is 30.0 Å². The molecule has 1 aromatic heterocycles. The molecule has 1 fully saturated rings. The molecule has 0 bridgehead atoms. The number of nitrogen functional groups attached to an aromatic ring is 1. The van der Waals surface area contributed by atoms with E-state index in [9.17, 15) is 4.79 Å². The summed E-state index contributed by atoms with van der Waals surface area (Å²) in [6.07, 6.45) is 3.98. The lowest BCUT2D eigenvalue weighted by molar-refractivity contribution is 0.0762. The van der Waals surface area contributed by atoms with Gasteiger partial charge in [-0.2, -0.15) is 11.8 Å². The Kier molecular flexibility index (Phi) is 4.16. The second-order valence-corrected chi connectivity index (χ2v) is 4.92. The van der Waals surface area contributed by atoms with Crippen LogP contribution in [-0.2, 0) is 0 Å². The van der Waals surface area contributed by atoms with Crippen LogP contribution in [0.1, 0.15) is 16.9 Å². The van der Waals surface area contributed by atoms with Crippen molar-refractivity contribution < 1.29 is 4.79 Å². The molecule has 0 atom stereocenters. The summed E-state index contributed by atoms with van der Waals surface area (Å²) in [5.74, 6) is 7.66.